The molecule has 1 saturated carbocycles. The summed E-state index contributed by atoms with van der Waals surface area (Å²) in [7, 11) is 0. The standard InChI is InChI=1S/C12H18O3/c1-2-14-5-6-15-12(13)11-8-9-3-4-10(11)7-9/h3-4,9-11H,2,5-8H2,1H3/t9-,10-,11?/m1/s1. The number of rotatable bonds is 5. The summed E-state index contributed by atoms with van der Waals surface area (Å²) in [6.45, 7) is 3.51. The molecule has 0 heterocycles. The number of hydrogen-bond acceptors (Lipinski definition) is 3. The number of esters is 1. The third-order valence-electron chi connectivity index (χ3n) is 3.26. The van der Waals surface area contributed by atoms with Gasteiger partial charge in [0.25, 0.3) is 0 Å². The lowest BCUT2D eigenvalue weighted by Gasteiger charge is -2.16. The molecule has 0 saturated heterocycles. The molecule has 0 radical (unpaired) electrons. The zero-order valence-corrected chi connectivity index (χ0v) is 9.15. The fourth-order valence-electron chi connectivity index (χ4n) is 2.50. The van der Waals surface area contributed by atoms with Gasteiger partial charge in [-0.25, -0.2) is 0 Å². The average molecular weight is 210 g/mol. The lowest BCUT2D eigenvalue weighted by molar-refractivity contribution is -0.150. The van der Waals surface area contributed by atoms with Gasteiger partial charge >= 0.3 is 5.97 Å². The maximum absolute atomic E-state index is 11.7. The molecule has 0 N–H and O–H groups in total. The molecule has 1 fully saturated rings. The minimum Gasteiger partial charge on any atom is -0.463 e. The summed E-state index contributed by atoms with van der Waals surface area (Å²) in [5, 5.41) is 0. The molecule has 0 aromatic heterocycles. The third-order valence-corrected chi connectivity index (χ3v) is 3.26. The van der Waals surface area contributed by atoms with Gasteiger partial charge in [-0.15, -0.1) is 0 Å². The number of ether oxygens (including phenoxy) is 2. The van der Waals surface area contributed by atoms with Crippen molar-refractivity contribution in [2.75, 3.05) is 19.8 Å². The van der Waals surface area contributed by atoms with Crippen LogP contribution in [0.1, 0.15) is 19.8 Å². The second-order valence-corrected chi connectivity index (χ2v) is 4.25. The summed E-state index contributed by atoms with van der Waals surface area (Å²) in [5.41, 5.74) is 0. The zero-order valence-electron chi connectivity index (χ0n) is 9.15. The minimum absolute atomic E-state index is 0.0356. The number of fused-ring (bicyclic) bond motifs is 2. The van der Waals surface area contributed by atoms with Crippen molar-refractivity contribution in [2.45, 2.75) is 19.8 Å². The van der Waals surface area contributed by atoms with E-state index in [1.807, 2.05) is 6.92 Å². The average Bonchev–Trinajstić information content (AvgIpc) is 2.85. The first-order chi connectivity index (χ1) is 7.31. The van der Waals surface area contributed by atoms with Crippen LogP contribution in [0.15, 0.2) is 12.2 Å². The third kappa shape index (κ3) is 2.40. The van der Waals surface area contributed by atoms with Crippen LogP contribution in [0.5, 0.6) is 0 Å². The summed E-state index contributed by atoms with van der Waals surface area (Å²) in [6.07, 6.45) is 6.52. The SMILES string of the molecule is CCOCCOC(=O)C1C[C@@H]2C=C[C@@H]1C2. The van der Waals surface area contributed by atoms with E-state index in [1.165, 1.54) is 0 Å². The van der Waals surface area contributed by atoms with Crippen LogP contribution in [0.2, 0.25) is 0 Å². The van der Waals surface area contributed by atoms with Crippen molar-refractivity contribution in [3.05, 3.63) is 12.2 Å². The van der Waals surface area contributed by atoms with Crippen molar-refractivity contribution in [2.24, 2.45) is 17.8 Å². The Hall–Kier alpha value is -0.830. The predicted molar refractivity (Wildman–Crippen MR) is 56.3 cm³/mol. The molecule has 0 aromatic rings. The highest BCUT2D eigenvalue weighted by molar-refractivity contribution is 5.74. The fourth-order valence-corrected chi connectivity index (χ4v) is 2.50. The van der Waals surface area contributed by atoms with Gasteiger partial charge in [0.05, 0.1) is 12.5 Å². The second-order valence-electron chi connectivity index (χ2n) is 4.25. The predicted octanol–water partition coefficient (Wildman–Crippen LogP) is 1.78. The van der Waals surface area contributed by atoms with Gasteiger partial charge in [0, 0.05) is 6.61 Å². The maximum atomic E-state index is 11.7. The van der Waals surface area contributed by atoms with E-state index in [1.54, 1.807) is 0 Å². The molecule has 2 rings (SSSR count). The van der Waals surface area contributed by atoms with E-state index < -0.39 is 0 Å². The zero-order chi connectivity index (χ0) is 10.7. The van der Waals surface area contributed by atoms with Crippen molar-refractivity contribution < 1.29 is 14.3 Å². The van der Waals surface area contributed by atoms with Gasteiger partial charge in [0.15, 0.2) is 0 Å². The summed E-state index contributed by atoms with van der Waals surface area (Å²) < 4.78 is 10.3. The van der Waals surface area contributed by atoms with E-state index in [0.29, 0.717) is 31.7 Å². The molecule has 0 spiro atoms. The lowest BCUT2D eigenvalue weighted by Crippen LogP contribution is -2.23. The van der Waals surface area contributed by atoms with Gasteiger partial charge in [-0.05, 0) is 31.6 Å². The van der Waals surface area contributed by atoms with Crippen LogP contribution in [-0.4, -0.2) is 25.8 Å². The molecule has 2 bridgehead atoms. The van der Waals surface area contributed by atoms with E-state index in [9.17, 15) is 4.79 Å². The van der Waals surface area contributed by atoms with E-state index in [2.05, 4.69) is 12.2 Å². The topological polar surface area (TPSA) is 35.5 Å². The Morgan fingerprint density at radius 2 is 2.20 bits per heavy atom. The van der Waals surface area contributed by atoms with Crippen molar-refractivity contribution in [1.82, 2.24) is 0 Å². The number of carbonyl (C=O) groups is 1. The molecule has 2 aliphatic rings. The summed E-state index contributed by atoms with van der Waals surface area (Å²) in [4.78, 5) is 11.7. The molecule has 15 heavy (non-hydrogen) atoms. The molecular weight excluding hydrogens is 192 g/mol. The van der Waals surface area contributed by atoms with Crippen LogP contribution in [0, 0.1) is 17.8 Å². The molecule has 0 aromatic carbocycles. The summed E-state index contributed by atoms with van der Waals surface area (Å²) >= 11 is 0. The lowest BCUT2D eigenvalue weighted by atomic mass is 9.94. The highest BCUT2D eigenvalue weighted by atomic mass is 16.6. The van der Waals surface area contributed by atoms with Crippen LogP contribution in [0.4, 0.5) is 0 Å². The van der Waals surface area contributed by atoms with Gasteiger partial charge in [0.1, 0.15) is 6.61 Å². The maximum Gasteiger partial charge on any atom is 0.309 e. The number of carbonyl (C=O) groups excluding carboxylic acids is 1. The Morgan fingerprint density at radius 3 is 2.80 bits per heavy atom. The van der Waals surface area contributed by atoms with Crippen molar-refractivity contribution >= 4 is 5.97 Å². The van der Waals surface area contributed by atoms with Crippen LogP contribution in [0.25, 0.3) is 0 Å². The molecule has 0 amide bonds. The van der Waals surface area contributed by atoms with E-state index in [-0.39, 0.29) is 11.9 Å². The highest BCUT2D eigenvalue weighted by Crippen LogP contribution is 2.43. The van der Waals surface area contributed by atoms with Crippen LogP contribution in [0.3, 0.4) is 0 Å². The van der Waals surface area contributed by atoms with Crippen molar-refractivity contribution in [1.29, 1.82) is 0 Å². The van der Waals surface area contributed by atoms with Crippen LogP contribution in [-0.2, 0) is 14.3 Å². The fraction of sp³-hybridized carbons (Fsp3) is 0.750. The van der Waals surface area contributed by atoms with E-state index in [0.717, 1.165) is 12.8 Å². The molecule has 2 aliphatic carbocycles. The van der Waals surface area contributed by atoms with Gasteiger partial charge in [-0.1, -0.05) is 12.2 Å². The first-order valence-electron chi connectivity index (χ1n) is 5.74. The normalized spacial score (nSPS) is 32.2. The smallest absolute Gasteiger partial charge is 0.309 e. The Labute approximate surface area is 90.4 Å². The number of allylic oxidation sites excluding steroid dienone is 2. The van der Waals surface area contributed by atoms with Gasteiger partial charge in [0.2, 0.25) is 0 Å². The Bertz CT molecular complexity index is 260. The monoisotopic (exact) mass is 210 g/mol. The van der Waals surface area contributed by atoms with Crippen molar-refractivity contribution in [3.63, 3.8) is 0 Å². The van der Waals surface area contributed by atoms with E-state index in [4.69, 9.17) is 9.47 Å². The first kappa shape index (κ1) is 10.7. The Morgan fingerprint density at radius 1 is 1.33 bits per heavy atom. The summed E-state index contributed by atoms with van der Waals surface area (Å²) in [6, 6.07) is 0. The molecule has 84 valence electrons. The van der Waals surface area contributed by atoms with Gasteiger partial charge in [-0.3, -0.25) is 4.79 Å². The Kier molecular flexibility index (Phi) is 3.41. The Balaban J connectivity index is 1.70. The van der Waals surface area contributed by atoms with E-state index >= 15 is 0 Å². The summed E-state index contributed by atoms with van der Waals surface area (Å²) in [5.74, 6) is 1.14. The van der Waals surface area contributed by atoms with Gasteiger partial charge < -0.3 is 9.47 Å². The molecule has 3 heteroatoms. The van der Waals surface area contributed by atoms with Gasteiger partial charge in [-0.2, -0.15) is 0 Å². The molecule has 0 aliphatic heterocycles. The first-order valence-corrected chi connectivity index (χ1v) is 5.74. The molecular formula is C12H18O3. The van der Waals surface area contributed by atoms with Crippen LogP contribution >= 0.6 is 0 Å². The van der Waals surface area contributed by atoms with Crippen LogP contribution < -0.4 is 0 Å². The van der Waals surface area contributed by atoms with Crippen molar-refractivity contribution in [3.8, 4) is 0 Å². The largest absolute Gasteiger partial charge is 0.463 e. The minimum atomic E-state index is -0.0356. The number of hydrogen-bond donors (Lipinski definition) is 0. The second kappa shape index (κ2) is 4.79. The quantitative estimate of drug-likeness (QED) is 0.394. The molecule has 3 nitrogen and oxygen atoms in total. The highest BCUT2D eigenvalue weighted by Gasteiger charge is 2.40. The molecule has 1 unspecified atom stereocenters. The molecule has 3 atom stereocenters.